The molecule has 1 atom stereocenters. The van der Waals surface area contributed by atoms with Crippen LogP contribution in [0.15, 0.2) is 47.5 Å². The van der Waals surface area contributed by atoms with Crippen LogP contribution in [0.2, 0.25) is 30.7 Å². The first-order chi connectivity index (χ1) is 16.8. The zero-order valence-corrected chi connectivity index (χ0v) is 24.2. The van der Waals surface area contributed by atoms with Gasteiger partial charge in [-0.05, 0) is 43.2 Å². The Kier molecular flexibility index (Phi) is 9.16. The second-order valence-corrected chi connectivity index (χ2v) is 18.2. The number of rotatable bonds is 11. The van der Waals surface area contributed by atoms with Gasteiger partial charge in [0.2, 0.25) is 0 Å². The number of benzene rings is 2. The summed E-state index contributed by atoms with van der Waals surface area (Å²) in [6, 6.07) is 13.2. The quantitative estimate of drug-likeness (QED) is 0.206. The summed E-state index contributed by atoms with van der Waals surface area (Å²) in [5, 5.41) is -0.0931. The van der Waals surface area contributed by atoms with Gasteiger partial charge in [-0.25, -0.2) is 17.8 Å². The molecule has 1 heterocycles. The van der Waals surface area contributed by atoms with Crippen molar-refractivity contribution in [3.05, 3.63) is 81.5 Å². The number of imidazole rings is 1. The minimum absolute atomic E-state index is 0.0385. The second-order valence-electron chi connectivity index (χ2n) is 10.3. The van der Waals surface area contributed by atoms with E-state index in [0.717, 1.165) is 23.4 Å². The van der Waals surface area contributed by atoms with Crippen LogP contribution in [0.1, 0.15) is 34.3 Å². The van der Waals surface area contributed by atoms with Crippen LogP contribution in [0.5, 0.6) is 0 Å². The van der Waals surface area contributed by atoms with Gasteiger partial charge in [0.25, 0.3) is 0 Å². The maximum absolute atomic E-state index is 14.0. The van der Waals surface area contributed by atoms with Gasteiger partial charge < -0.3 is 14.0 Å². The monoisotopic (exact) mass is 552 g/mol. The molecule has 0 amide bonds. The third-order valence-corrected chi connectivity index (χ3v) is 8.88. The zero-order chi connectivity index (χ0) is 26.7. The zero-order valence-electron chi connectivity index (χ0n) is 21.6. The fourth-order valence-corrected chi connectivity index (χ4v) is 5.49. The van der Waals surface area contributed by atoms with Crippen LogP contribution in [0, 0.1) is 19.7 Å². The molecule has 0 saturated heterocycles. The summed E-state index contributed by atoms with van der Waals surface area (Å²) in [6.07, 6.45) is 0.318. The van der Waals surface area contributed by atoms with Crippen molar-refractivity contribution in [1.29, 1.82) is 0 Å². The average Bonchev–Trinajstić information content (AvgIpc) is 3.11. The normalized spacial score (nSPS) is 13.2. The fourth-order valence-electron chi connectivity index (χ4n) is 3.64. The Morgan fingerprint density at radius 3 is 2.36 bits per heavy atom. The van der Waals surface area contributed by atoms with Crippen LogP contribution in [0.4, 0.5) is 4.39 Å². The molecule has 0 spiro atoms. The highest BCUT2D eigenvalue weighted by molar-refractivity contribution is 7.90. The Balaban J connectivity index is 2.04. The van der Waals surface area contributed by atoms with E-state index in [9.17, 15) is 12.8 Å². The van der Waals surface area contributed by atoms with Crippen LogP contribution in [0.25, 0.3) is 0 Å². The molecule has 0 aliphatic rings. The van der Waals surface area contributed by atoms with Crippen molar-refractivity contribution in [3.8, 4) is 0 Å². The van der Waals surface area contributed by atoms with E-state index in [2.05, 4.69) is 24.6 Å². The van der Waals surface area contributed by atoms with Crippen LogP contribution in [0.3, 0.4) is 0 Å². The minimum atomic E-state index is -3.61. The molecule has 0 fully saturated rings. The van der Waals surface area contributed by atoms with E-state index in [0.29, 0.717) is 23.7 Å². The summed E-state index contributed by atoms with van der Waals surface area (Å²) in [7, 11) is -4.92. The largest absolute Gasteiger partial charge is 0.361 e. The molecule has 6 nitrogen and oxygen atoms in total. The average molecular weight is 553 g/mol. The van der Waals surface area contributed by atoms with Crippen molar-refractivity contribution in [2.45, 2.75) is 64.0 Å². The summed E-state index contributed by atoms with van der Waals surface area (Å²) in [4.78, 5) is 4.51. The van der Waals surface area contributed by atoms with E-state index in [4.69, 9.17) is 21.1 Å². The summed E-state index contributed by atoms with van der Waals surface area (Å²) in [5.41, 5.74) is 3.07. The van der Waals surface area contributed by atoms with Crippen molar-refractivity contribution in [3.63, 3.8) is 0 Å². The standard InChI is InChI=1S/C26H34ClFN2O4SSi/c1-18-7-9-20(10-8-18)16-34-24(21-11-12-23(28)22(27)15-21)25-29-26(35(3,31)32)19(2)30(25)17-33-13-14-36(4,5)6/h7-12,15,24H,13-14,16-17H2,1-6H3. The minimum Gasteiger partial charge on any atom is -0.361 e. The molecule has 10 heteroatoms. The van der Waals surface area contributed by atoms with Crippen LogP contribution >= 0.6 is 11.6 Å². The second kappa shape index (κ2) is 11.6. The smallest absolute Gasteiger partial charge is 0.194 e. The first kappa shape index (κ1) is 28.5. The molecule has 3 aromatic rings. The molecule has 0 aliphatic heterocycles. The van der Waals surface area contributed by atoms with Gasteiger partial charge >= 0.3 is 0 Å². The molecule has 1 aromatic heterocycles. The highest BCUT2D eigenvalue weighted by atomic mass is 35.5. The summed E-state index contributed by atoms with van der Waals surface area (Å²) >= 11 is 6.10. The Morgan fingerprint density at radius 1 is 1.11 bits per heavy atom. The molecule has 0 saturated carbocycles. The lowest BCUT2D eigenvalue weighted by atomic mass is 10.1. The SMILES string of the molecule is Cc1ccc(COC(c2ccc(F)c(Cl)c2)c2nc(S(C)(=O)=O)c(C)n2COCC[Si](C)(C)C)cc1. The van der Waals surface area contributed by atoms with Gasteiger partial charge in [0.1, 0.15) is 24.5 Å². The van der Waals surface area contributed by atoms with Crippen molar-refractivity contribution in [2.75, 3.05) is 12.9 Å². The predicted molar refractivity (Wildman–Crippen MR) is 143 cm³/mol. The number of hydrogen-bond acceptors (Lipinski definition) is 5. The highest BCUT2D eigenvalue weighted by Gasteiger charge is 2.28. The van der Waals surface area contributed by atoms with Gasteiger partial charge in [0, 0.05) is 20.9 Å². The third-order valence-electron chi connectivity index (χ3n) is 5.79. The van der Waals surface area contributed by atoms with E-state index in [1.807, 2.05) is 31.2 Å². The van der Waals surface area contributed by atoms with Crippen molar-refractivity contribution in [1.82, 2.24) is 9.55 Å². The lowest BCUT2D eigenvalue weighted by Crippen LogP contribution is -2.22. The molecule has 0 aliphatic carbocycles. The van der Waals surface area contributed by atoms with E-state index in [-0.39, 0.29) is 23.4 Å². The van der Waals surface area contributed by atoms with Crippen LogP contribution < -0.4 is 0 Å². The lowest BCUT2D eigenvalue weighted by Gasteiger charge is -2.21. The molecule has 2 aromatic carbocycles. The molecule has 1 unspecified atom stereocenters. The first-order valence-electron chi connectivity index (χ1n) is 11.7. The summed E-state index contributed by atoms with van der Waals surface area (Å²) in [6.45, 7) is 11.4. The first-order valence-corrected chi connectivity index (χ1v) is 17.7. The third kappa shape index (κ3) is 7.49. The maximum Gasteiger partial charge on any atom is 0.194 e. The Morgan fingerprint density at radius 2 is 1.78 bits per heavy atom. The molecular weight excluding hydrogens is 519 g/mol. The van der Waals surface area contributed by atoms with E-state index < -0.39 is 29.8 Å². The molecule has 0 radical (unpaired) electrons. The number of aromatic nitrogens is 2. The topological polar surface area (TPSA) is 70.4 Å². The fraction of sp³-hybridized carbons (Fsp3) is 0.423. The highest BCUT2D eigenvalue weighted by Crippen LogP contribution is 2.32. The van der Waals surface area contributed by atoms with Gasteiger partial charge in [-0.1, -0.05) is 67.1 Å². The van der Waals surface area contributed by atoms with Gasteiger partial charge in [0.05, 0.1) is 17.3 Å². The molecule has 3 rings (SSSR count). The van der Waals surface area contributed by atoms with Crippen molar-refractivity contribution in [2.24, 2.45) is 0 Å². The summed E-state index contributed by atoms with van der Waals surface area (Å²) < 4.78 is 53.0. The summed E-state index contributed by atoms with van der Waals surface area (Å²) in [5.74, 6) is -0.195. The Hall–Kier alpha value is -2.04. The predicted octanol–water partition coefficient (Wildman–Crippen LogP) is 6.31. The van der Waals surface area contributed by atoms with Gasteiger partial charge in [0.15, 0.2) is 14.9 Å². The number of halogens is 2. The number of sulfone groups is 1. The molecular formula is C26H34ClFN2O4SSi. The van der Waals surface area contributed by atoms with E-state index in [1.54, 1.807) is 17.6 Å². The van der Waals surface area contributed by atoms with E-state index >= 15 is 0 Å². The van der Waals surface area contributed by atoms with Gasteiger partial charge in [-0.2, -0.15) is 0 Å². The van der Waals surface area contributed by atoms with Gasteiger partial charge in [-0.15, -0.1) is 0 Å². The Bertz CT molecular complexity index is 1300. The maximum atomic E-state index is 14.0. The molecule has 0 N–H and O–H groups in total. The number of aryl methyl sites for hydroxylation is 1. The van der Waals surface area contributed by atoms with Crippen LogP contribution in [-0.4, -0.2) is 38.9 Å². The van der Waals surface area contributed by atoms with Gasteiger partial charge in [-0.3, -0.25) is 0 Å². The molecule has 196 valence electrons. The Labute approximate surface area is 219 Å². The van der Waals surface area contributed by atoms with E-state index in [1.165, 1.54) is 12.1 Å². The van der Waals surface area contributed by atoms with Crippen molar-refractivity contribution < 1.29 is 22.3 Å². The lowest BCUT2D eigenvalue weighted by molar-refractivity contribution is 0.0430. The molecule has 36 heavy (non-hydrogen) atoms. The number of hydrogen-bond donors (Lipinski definition) is 0. The molecule has 0 bridgehead atoms. The number of ether oxygens (including phenoxy) is 2. The number of nitrogens with zero attached hydrogens (tertiary/aromatic N) is 2. The van der Waals surface area contributed by atoms with Crippen molar-refractivity contribution >= 4 is 29.5 Å². The van der Waals surface area contributed by atoms with Crippen LogP contribution in [-0.2, 0) is 32.6 Å².